The number of anilines is 1. The summed E-state index contributed by atoms with van der Waals surface area (Å²) in [6.07, 6.45) is 6.55. The van der Waals surface area contributed by atoms with Crippen LogP contribution >= 0.6 is 23.2 Å². The summed E-state index contributed by atoms with van der Waals surface area (Å²) in [5, 5.41) is 5.57. The van der Waals surface area contributed by atoms with Crippen molar-refractivity contribution in [2.24, 2.45) is 0 Å². The summed E-state index contributed by atoms with van der Waals surface area (Å²) in [5.41, 5.74) is 4.18. The highest BCUT2D eigenvalue weighted by Gasteiger charge is 2.24. The number of carbonyl (C=O) groups excluding carboxylic acids is 1. The Morgan fingerprint density at radius 2 is 1.76 bits per heavy atom. The number of pyridine rings is 1. The average molecular weight is 500 g/mol. The molecule has 1 saturated carbocycles. The van der Waals surface area contributed by atoms with Crippen LogP contribution in [-0.4, -0.2) is 49.0 Å². The fraction of sp³-hybridized carbons (Fsp3) is 0.407. The van der Waals surface area contributed by atoms with E-state index in [0.29, 0.717) is 39.9 Å². The van der Waals surface area contributed by atoms with Crippen LogP contribution in [0.15, 0.2) is 36.5 Å². The zero-order valence-corrected chi connectivity index (χ0v) is 21.6. The molecular formula is C27H31Cl2N3O2. The van der Waals surface area contributed by atoms with E-state index in [4.69, 9.17) is 27.9 Å². The van der Waals surface area contributed by atoms with Crippen LogP contribution < -0.4 is 10.1 Å². The minimum Gasteiger partial charge on any atom is -0.494 e. The minimum absolute atomic E-state index is 0.0832. The van der Waals surface area contributed by atoms with Gasteiger partial charge in [-0.3, -0.25) is 9.78 Å². The van der Waals surface area contributed by atoms with Crippen molar-refractivity contribution < 1.29 is 9.53 Å². The third-order valence-corrected chi connectivity index (χ3v) is 7.36. The van der Waals surface area contributed by atoms with Gasteiger partial charge in [0.2, 0.25) is 0 Å². The molecule has 0 aliphatic heterocycles. The maximum Gasteiger partial charge on any atom is 0.166 e. The van der Waals surface area contributed by atoms with Gasteiger partial charge in [-0.1, -0.05) is 36.2 Å². The molecule has 0 unspecified atom stereocenters. The van der Waals surface area contributed by atoms with Crippen LogP contribution in [0.25, 0.3) is 22.0 Å². The Kier molecular flexibility index (Phi) is 7.66. The average Bonchev–Trinajstić information content (AvgIpc) is 2.83. The number of ketones is 1. The molecule has 1 aromatic heterocycles. The lowest BCUT2D eigenvalue weighted by molar-refractivity contribution is 0.0988. The van der Waals surface area contributed by atoms with E-state index >= 15 is 0 Å². The number of hydrogen-bond donors (Lipinski definition) is 1. The number of methoxy groups -OCH3 is 1. The molecule has 1 aliphatic rings. The Morgan fingerprint density at radius 3 is 2.35 bits per heavy atom. The highest BCUT2D eigenvalue weighted by molar-refractivity contribution is 6.37. The van der Waals surface area contributed by atoms with Crippen molar-refractivity contribution in [1.29, 1.82) is 0 Å². The molecule has 3 aromatic rings. The zero-order valence-electron chi connectivity index (χ0n) is 20.1. The van der Waals surface area contributed by atoms with Crippen LogP contribution in [0.2, 0.25) is 10.0 Å². The summed E-state index contributed by atoms with van der Waals surface area (Å²) < 4.78 is 5.29. The van der Waals surface area contributed by atoms with Gasteiger partial charge in [-0.05, 0) is 75.2 Å². The number of Topliss-reactive ketones (excluding diaryl/α,β-unsaturated/α-hetero) is 1. The maximum atomic E-state index is 12.8. The fourth-order valence-electron chi connectivity index (χ4n) is 4.79. The van der Waals surface area contributed by atoms with Gasteiger partial charge in [0.05, 0.1) is 33.9 Å². The number of benzene rings is 2. The van der Waals surface area contributed by atoms with E-state index in [9.17, 15) is 4.79 Å². The fourth-order valence-corrected chi connectivity index (χ4v) is 5.43. The summed E-state index contributed by atoms with van der Waals surface area (Å²) in [6, 6.07) is 10.7. The summed E-state index contributed by atoms with van der Waals surface area (Å²) in [4.78, 5) is 19.7. The highest BCUT2D eigenvalue weighted by atomic mass is 35.5. The molecule has 7 heteroatoms. The Morgan fingerprint density at radius 1 is 1.09 bits per heavy atom. The first-order chi connectivity index (χ1) is 16.3. The number of rotatable bonds is 7. The summed E-state index contributed by atoms with van der Waals surface area (Å²) in [6.45, 7) is 1.89. The minimum atomic E-state index is 0.0832. The molecule has 0 bridgehead atoms. The lowest BCUT2D eigenvalue weighted by atomic mass is 9.90. The van der Waals surface area contributed by atoms with Gasteiger partial charge >= 0.3 is 0 Å². The molecule has 1 N–H and O–H groups in total. The molecule has 4 rings (SSSR count). The number of nitrogens with zero attached hydrogens (tertiary/aromatic N) is 2. The summed E-state index contributed by atoms with van der Waals surface area (Å²) in [5.74, 6) is 0.542. The van der Waals surface area contributed by atoms with Crippen molar-refractivity contribution in [2.75, 3.05) is 26.5 Å². The lowest BCUT2D eigenvalue weighted by Crippen LogP contribution is -2.36. The van der Waals surface area contributed by atoms with E-state index in [2.05, 4.69) is 35.4 Å². The number of fused-ring (bicyclic) bond motifs is 1. The van der Waals surface area contributed by atoms with Crippen LogP contribution in [0.5, 0.6) is 5.75 Å². The van der Waals surface area contributed by atoms with Gasteiger partial charge in [-0.25, -0.2) is 0 Å². The Hall–Kier alpha value is -2.34. The van der Waals surface area contributed by atoms with Gasteiger partial charge in [-0.15, -0.1) is 0 Å². The molecule has 180 valence electrons. The topological polar surface area (TPSA) is 54.5 Å². The maximum absolute atomic E-state index is 12.8. The van der Waals surface area contributed by atoms with Gasteiger partial charge in [0, 0.05) is 30.1 Å². The highest BCUT2D eigenvalue weighted by Crippen LogP contribution is 2.39. The monoisotopic (exact) mass is 499 g/mol. The molecule has 0 spiro atoms. The number of aromatic nitrogens is 1. The molecule has 1 heterocycles. The first-order valence-electron chi connectivity index (χ1n) is 11.7. The molecule has 1 fully saturated rings. The standard InChI is InChI=1S/C27H31Cl2N3O2/c1-5-25(33)21-15-30-24-11-6-16(17-13-22(28)27(34-4)23(29)14-17)12-20(24)26(21)31-18-7-9-19(10-8-18)32(2)3/h6,11-15,18-19H,5,7-10H2,1-4H3,(H,30,31). The third kappa shape index (κ3) is 5.02. The lowest BCUT2D eigenvalue weighted by Gasteiger charge is -2.34. The van der Waals surface area contributed by atoms with Crippen LogP contribution in [0.4, 0.5) is 5.69 Å². The van der Waals surface area contributed by atoms with Crippen molar-refractivity contribution in [3.05, 3.63) is 52.1 Å². The second-order valence-electron chi connectivity index (χ2n) is 9.14. The molecule has 0 atom stereocenters. The first kappa shape index (κ1) is 24.8. The second-order valence-corrected chi connectivity index (χ2v) is 9.96. The molecular weight excluding hydrogens is 469 g/mol. The number of hydrogen-bond acceptors (Lipinski definition) is 5. The number of ether oxygens (including phenoxy) is 1. The largest absolute Gasteiger partial charge is 0.494 e. The molecule has 0 radical (unpaired) electrons. The van der Waals surface area contributed by atoms with E-state index in [0.717, 1.165) is 53.4 Å². The normalized spacial score (nSPS) is 18.3. The molecule has 5 nitrogen and oxygen atoms in total. The number of carbonyl (C=O) groups is 1. The van der Waals surface area contributed by atoms with Crippen LogP contribution in [0.3, 0.4) is 0 Å². The number of nitrogens with one attached hydrogen (secondary N) is 1. The van der Waals surface area contributed by atoms with Crippen molar-refractivity contribution in [3.8, 4) is 16.9 Å². The predicted octanol–water partition coefficient (Wildman–Crippen LogP) is 7.09. The molecule has 34 heavy (non-hydrogen) atoms. The van der Waals surface area contributed by atoms with Crippen molar-refractivity contribution in [3.63, 3.8) is 0 Å². The first-order valence-corrected chi connectivity index (χ1v) is 12.5. The molecule has 0 amide bonds. The summed E-state index contributed by atoms with van der Waals surface area (Å²) in [7, 11) is 5.84. The molecule has 0 saturated heterocycles. The SMILES string of the molecule is CCC(=O)c1cnc2ccc(-c3cc(Cl)c(OC)c(Cl)c3)cc2c1NC1CCC(N(C)C)CC1. The van der Waals surface area contributed by atoms with Crippen molar-refractivity contribution in [1.82, 2.24) is 9.88 Å². The molecule has 1 aliphatic carbocycles. The quantitative estimate of drug-likeness (QED) is 0.351. The van der Waals surface area contributed by atoms with Gasteiger partial charge in [0.1, 0.15) is 0 Å². The Bertz CT molecular complexity index is 1180. The van der Waals surface area contributed by atoms with Crippen LogP contribution in [0, 0.1) is 0 Å². The Labute approximate surface area is 211 Å². The zero-order chi connectivity index (χ0) is 24.4. The van der Waals surface area contributed by atoms with E-state index in [1.165, 1.54) is 0 Å². The third-order valence-electron chi connectivity index (χ3n) is 6.80. The van der Waals surface area contributed by atoms with Gasteiger partial charge < -0.3 is 15.0 Å². The van der Waals surface area contributed by atoms with Crippen LogP contribution in [0.1, 0.15) is 49.4 Å². The van der Waals surface area contributed by atoms with Gasteiger partial charge in [-0.2, -0.15) is 0 Å². The van der Waals surface area contributed by atoms with Crippen molar-refractivity contribution >= 4 is 45.6 Å². The molecule has 2 aromatic carbocycles. The number of halogens is 2. The van der Waals surface area contributed by atoms with Crippen molar-refractivity contribution in [2.45, 2.75) is 51.1 Å². The van der Waals surface area contributed by atoms with E-state index in [1.54, 1.807) is 13.3 Å². The van der Waals surface area contributed by atoms with E-state index in [-0.39, 0.29) is 5.78 Å². The smallest absolute Gasteiger partial charge is 0.166 e. The second kappa shape index (κ2) is 10.5. The van der Waals surface area contributed by atoms with Crippen LogP contribution in [-0.2, 0) is 0 Å². The van der Waals surface area contributed by atoms with Gasteiger partial charge in [0.25, 0.3) is 0 Å². The van der Waals surface area contributed by atoms with E-state index < -0.39 is 0 Å². The Balaban J connectivity index is 1.77. The van der Waals surface area contributed by atoms with E-state index in [1.807, 2.05) is 31.2 Å². The summed E-state index contributed by atoms with van der Waals surface area (Å²) >= 11 is 12.8. The van der Waals surface area contributed by atoms with Gasteiger partial charge in [0.15, 0.2) is 11.5 Å². The predicted molar refractivity (Wildman–Crippen MR) is 142 cm³/mol.